The highest BCUT2D eigenvalue weighted by Gasteiger charge is 2.62. The Bertz CT molecular complexity index is 375. The van der Waals surface area contributed by atoms with E-state index in [1.54, 1.807) is 0 Å². The maximum atomic E-state index is 13.4. The molecule has 2 heterocycles. The van der Waals surface area contributed by atoms with Crippen molar-refractivity contribution in [2.45, 2.75) is 52.1 Å². The number of halogens is 3. The first-order valence-electron chi connectivity index (χ1n) is 7.87. The summed E-state index contributed by atoms with van der Waals surface area (Å²) in [6.45, 7) is 5.14. The molecule has 3 nitrogen and oxygen atoms in total. The minimum absolute atomic E-state index is 0.140. The fraction of sp³-hybridized carbons (Fsp3) is 0.933. The van der Waals surface area contributed by atoms with Crippen LogP contribution in [0.1, 0.15) is 46.0 Å². The van der Waals surface area contributed by atoms with E-state index in [-0.39, 0.29) is 24.9 Å². The minimum atomic E-state index is -4.47. The summed E-state index contributed by atoms with van der Waals surface area (Å²) >= 11 is 0. The zero-order valence-corrected chi connectivity index (χ0v) is 12.9. The zero-order chi connectivity index (χ0) is 15.7. The second kappa shape index (κ2) is 5.78. The summed E-state index contributed by atoms with van der Waals surface area (Å²) in [6, 6.07) is 0. The van der Waals surface area contributed by atoms with Crippen LogP contribution in [0, 0.1) is 10.8 Å². The van der Waals surface area contributed by atoms with Gasteiger partial charge >= 0.3 is 6.18 Å². The lowest BCUT2D eigenvalue weighted by Crippen LogP contribution is -2.56. The van der Waals surface area contributed by atoms with E-state index in [0.29, 0.717) is 13.1 Å². The van der Waals surface area contributed by atoms with Crippen molar-refractivity contribution in [1.29, 1.82) is 0 Å². The summed E-state index contributed by atoms with van der Waals surface area (Å²) in [5.74, 6) is -0.721. The summed E-state index contributed by atoms with van der Waals surface area (Å²) in [5.41, 5.74) is -2.00. The summed E-state index contributed by atoms with van der Waals surface area (Å²) in [7, 11) is 0. The third-order valence-corrected chi connectivity index (χ3v) is 5.72. The van der Waals surface area contributed by atoms with Crippen LogP contribution in [-0.4, -0.2) is 43.2 Å². The molecule has 6 heteroatoms. The number of amides is 1. The first-order chi connectivity index (χ1) is 9.80. The molecule has 1 amide bonds. The molecule has 1 N–H and O–H groups in total. The third-order valence-electron chi connectivity index (χ3n) is 5.72. The van der Waals surface area contributed by atoms with Gasteiger partial charge in [0.15, 0.2) is 5.41 Å². The molecular formula is C15H25F3N2O. The first kappa shape index (κ1) is 16.6. The van der Waals surface area contributed by atoms with Crippen molar-refractivity contribution in [3.63, 3.8) is 0 Å². The van der Waals surface area contributed by atoms with Crippen molar-refractivity contribution in [1.82, 2.24) is 10.2 Å². The van der Waals surface area contributed by atoms with Crippen LogP contribution in [0.15, 0.2) is 0 Å². The molecule has 0 bridgehead atoms. The Morgan fingerprint density at radius 2 is 1.71 bits per heavy atom. The van der Waals surface area contributed by atoms with Crippen molar-refractivity contribution < 1.29 is 18.0 Å². The van der Waals surface area contributed by atoms with E-state index in [4.69, 9.17) is 0 Å². The van der Waals surface area contributed by atoms with E-state index in [1.807, 2.05) is 0 Å². The Hall–Kier alpha value is -0.780. The van der Waals surface area contributed by atoms with Crippen molar-refractivity contribution in [3.8, 4) is 0 Å². The highest BCUT2D eigenvalue weighted by atomic mass is 19.4. The molecule has 2 aliphatic rings. The van der Waals surface area contributed by atoms with Gasteiger partial charge in [-0.2, -0.15) is 13.2 Å². The van der Waals surface area contributed by atoms with Gasteiger partial charge in [-0.05, 0) is 31.2 Å². The minimum Gasteiger partial charge on any atom is -0.342 e. The van der Waals surface area contributed by atoms with Gasteiger partial charge < -0.3 is 10.2 Å². The molecule has 0 aromatic rings. The molecule has 0 aromatic carbocycles. The molecule has 0 saturated carbocycles. The summed E-state index contributed by atoms with van der Waals surface area (Å²) in [4.78, 5) is 14.0. The topological polar surface area (TPSA) is 32.3 Å². The van der Waals surface area contributed by atoms with Crippen molar-refractivity contribution in [2.75, 3.05) is 26.2 Å². The predicted molar refractivity (Wildman–Crippen MR) is 74.8 cm³/mol. The smallest absolute Gasteiger partial charge is 0.342 e. The van der Waals surface area contributed by atoms with Crippen molar-refractivity contribution in [2.24, 2.45) is 10.8 Å². The Kier molecular flexibility index (Phi) is 4.57. The molecule has 2 saturated heterocycles. The Morgan fingerprint density at radius 3 is 2.10 bits per heavy atom. The monoisotopic (exact) mass is 306 g/mol. The van der Waals surface area contributed by atoms with Crippen LogP contribution in [0.3, 0.4) is 0 Å². The van der Waals surface area contributed by atoms with Crippen LogP contribution in [0.4, 0.5) is 13.2 Å². The quantitative estimate of drug-likeness (QED) is 0.869. The van der Waals surface area contributed by atoms with E-state index in [2.05, 4.69) is 19.2 Å². The largest absolute Gasteiger partial charge is 0.404 e. The number of hydrogen-bond donors (Lipinski definition) is 1. The maximum Gasteiger partial charge on any atom is 0.404 e. The lowest BCUT2D eigenvalue weighted by molar-refractivity contribution is -0.222. The molecule has 21 heavy (non-hydrogen) atoms. The van der Waals surface area contributed by atoms with Gasteiger partial charge in [-0.1, -0.05) is 26.7 Å². The van der Waals surface area contributed by atoms with Crippen LogP contribution in [0.2, 0.25) is 0 Å². The van der Waals surface area contributed by atoms with Gasteiger partial charge in [-0.25, -0.2) is 0 Å². The van der Waals surface area contributed by atoms with Gasteiger partial charge in [0.2, 0.25) is 5.91 Å². The second-order valence-electron chi connectivity index (χ2n) is 6.51. The SMILES string of the molecule is CCC1(CC)CCN(C(=O)C2(C(F)(F)F)CCNC2)CC1. The highest BCUT2D eigenvalue weighted by molar-refractivity contribution is 5.84. The molecular weight excluding hydrogens is 281 g/mol. The molecule has 1 unspecified atom stereocenters. The van der Waals surface area contributed by atoms with Gasteiger partial charge in [-0.15, -0.1) is 0 Å². The van der Waals surface area contributed by atoms with E-state index in [9.17, 15) is 18.0 Å². The number of nitrogens with zero attached hydrogens (tertiary/aromatic N) is 1. The molecule has 1 atom stereocenters. The molecule has 0 aromatic heterocycles. The molecule has 0 aliphatic carbocycles. The average molecular weight is 306 g/mol. The number of hydrogen-bond acceptors (Lipinski definition) is 2. The van der Waals surface area contributed by atoms with Gasteiger partial charge in [0, 0.05) is 19.6 Å². The fourth-order valence-corrected chi connectivity index (χ4v) is 3.68. The number of nitrogens with one attached hydrogen (secondary N) is 1. The van der Waals surface area contributed by atoms with Crippen LogP contribution in [-0.2, 0) is 4.79 Å². The van der Waals surface area contributed by atoms with E-state index in [1.165, 1.54) is 4.90 Å². The van der Waals surface area contributed by atoms with Gasteiger partial charge in [0.1, 0.15) is 0 Å². The third kappa shape index (κ3) is 2.79. The van der Waals surface area contributed by atoms with Gasteiger partial charge in [-0.3, -0.25) is 4.79 Å². The fourth-order valence-electron chi connectivity index (χ4n) is 3.68. The summed E-state index contributed by atoms with van der Waals surface area (Å²) in [5, 5.41) is 2.71. The van der Waals surface area contributed by atoms with Gasteiger partial charge in [0.25, 0.3) is 0 Å². The number of likely N-dealkylation sites (tertiary alicyclic amines) is 1. The molecule has 2 fully saturated rings. The van der Waals surface area contributed by atoms with Crippen molar-refractivity contribution in [3.05, 3.63) is 0 Å². The number of alkyl halides is 3. The number of piperidine rings is 1. The summed E-state index contributed by atoms with van der Waals surface area (Å²) < 4.78 is 40.3. The van der Waals surface area contributed by atoms with Crippen LogP contribution < -0.4 is 5.32 Å². The molecule has 2 rings (SSSR count). The van der Waals surface area contributed by atoms with Crippen LogP contribution >= 0.6 is 0 Å². The standard InChI is InChI=1S/C15H25F3N2O/c1-3-13(4-2)6-9-20(10-7-13)12(21)14(15(16,17)18)5-8-19-11-14/h19H,3-11H2,1-2H3. The Labute approximate surface area is 124 Å². The maximum absolute atomic E-state index is 13.4. The number of carbonyl (C=O) groups excluding carboxylic acids is 1. The normalized spacial score (nSPS) is 29.7. The lowest BCUT2D eigenvalue weighted by atomic mass is 9.73. The van der Waals surface area contributed by atoms with E-state index >= 15 is 0 Å². The van der Waals surface area contributed by atoms with E-state index in [0.717, 1.165) is 25.7 Å². The first-order valence-corrected chi connectivity index (χ1v) is 7.87. The number of rotatable bonds is 3. The Balaban J connectivity index is 2.11. The van der Waals surface area contributed by atoms with Gasteiger partial charge in [0.05, 0.1) is 0 Å². The molecule has 0 spiro atoms. The lowest BCUT2D eigenvalue weighted by Gasteiger charge is -2.44. The number of carbonyl (C=O) groups is 1. The van der Waals surface area contributed by atoms with Crippen LogP contribution in [0.25, 0.3) is 0 Å². The van der Waals surface area contributed by atoms with Crippen LogP contribution in [0.5, 0.6) is 0 Å². The molecule has 2 aliphatic heterocycles. The molecule has 122 valence electrons. The van der Waals surface area contributed by atoms with Crippen molar-refractivity contribution >= 4 is 5.91 Å². The predicted octanol–water partition coefficient (Wildman–Crippen LogP) is 2.96. The zero-order valence-electron chi connectivity index (χ0n) is 12.9. The molecule has 0 radical (unpaired) electrons. The Morgan fingerprint density at radius 1 is 1.14 bits per heavy atom. The van der Waals surface area contributed by atoms with E-state index < -0.39 is 17.5 Å². The highest BCUT2D eigenvalue weighted by Crippen LogP contribution is 2.46. The second-order valence-corrected chi connectivity index (χ2v) is 6.51. The average Bonchev–Trinajstić information content (AvgIpc) is 2.97. The summed E-state index contributed by atoms with van der Waals surface area (Å²) in [6.07, 6.45) is -0.939.